The second kappa shape index (κ2) is 4.38. The molecule has 2 aromatic rings. The molecule has 0 fully saturated rings. The quantitative estimate of drug-likeness (QED) is 0.869. The maximum atomic E-state index is 5.90. The molecule has 0 radical (unpaired) electrons. The lowest BCUT2D eigenvalue weighted by molar-refractivity contribution is 0.242. The van der Waals surface area contributed by atoms with Crippen LogP contribution in [-0.4, -0.2) is 22.6 Å². The van der Waals surface area contributed by atoms with Crippen LogP contribution < -0.4 is 10.5 Å². The summed E-state index contributed by atoms with van der Waals surface area (Å²) >= 11 is 0. The number of fused-ring (bicyclic) bond motifs is 1. The zero-order chi connectivity index (χ0) is 12.5. The van der Waals surface area contributed by atoms with Gasteiger partial charge >= 0.3 is 0 Å². The summed E-state index contributed by atoms with van der Waals surface area (Å²) in [6.07, 6.45) is 6.08. The molecule has 3 rings (SSSR count). The predicted octanol–water partition coefficient (Wildman–Crippen LogP) is 1.71. The van der Waals surface area contributed by atoms with Crippen molar-refractivity contribution in [2.24, 2.45) is 5.73 Å². The highest BCUT2D eigenvalue weighted by Crippen LogP contribution is 2.38. The van der Waals surface area contributed by atoms with Crippen LogP contribution in [0.25, 0.3) is 11.3 Å². The predicted molar refractivity (Wildman–Crippen MR) is 69.4 cm³/mol. The van der Waals surface area contributed by atoms with Crippen LogP contribution in [0.1, 0.15) is 11.1 Å². The molecule has 92 valence electrons. The van der Waals surface area contributed by atoms with Gasteiger partial charge in [-0.25, -0.2) is 0 Å². The second-order valence-corrected chi connectivity index (χ2v) is 4.57. The summed E-state index contributed by atoms with van der Waals surface area (Å²) in [5.74, 6) is 0.913. The lowest BCUT2D eigenvalue weighted by Gasteiger charge is -2.10. The van der Waals surface area contributed by atoms with Crippen LogP contribution in [0.5, 0.6) is 5.75 Å². The molecule has 2 N–H and O–H groups in total. The summed E-state index contributed by atoms with van der Waals surface area (Å²) in [5, 5.41) is 0. The van der Waals surface area contributed by atoms with Crippen LogP contribution in [0.2, 0.25) is 0 Å². The molecule has 0 saturated carbocycles. The molecule has 0 bridgehead atoms. The van der Waals surface area contributed by atoms with Crippen molar-refractivity contribution in [1.82, 2.24) is 9.97 Å². The van der Waals surface area contributed by atoms with E-state index >= 15 is 0 Å². The third kappa shape index (κ3) is 1.84. The summed E-state index contributed by atoms with van der Waals surface area (Å²) in [5.41, 5.74) is 9.96. The molecule has 4 heteroatoms. The first-order valence-electron chi connectivity index (χ1n) is 6.04. The van der Waals surface area contributed by atoms with Crippen molar-refractivity contribution in [3.05, 3.63) is 41.9 Å². The lowest BCUT2D eigenvalue weighted by atomic mass is 10.0. The Labute approximate surface area is 106 Å². The highest BCUT2D eigenvalue weighted by Gasteiger charge is 2.25. The average Bonchev–Trinajstić information content (AvgIpc) is 2.81. The van der Waals surface area contributed by atoms with Crippen LogP contribution >= 0.6 is 0 Å². The number of benzene rings is 1. The Morgan fingerprint density at radius 1 is 1.39 bits per heavy atom. The lowest BCUT2D eigenvalue weighted by Crippen LogP contribution is -2.24. The molecule has 2 heterocycles. The van der Waals surface area contributed by atoms with Gasteiger partial charge in [0.1, 0.15) is 11.9 Å². The third-order valence-corrected chi connectivity index (χ3v) is 3.14. The van der Waals surface area contributed by atoms with Crippen molar-refractivity contribution in [2.45, 2.75) is 19.4 Å². The Balaban J connectivity index is 2.12. The molecule has 1 aromatic carbocycles. The fraction of sp³-hybridized carbons (Fsp3) is 0.286. The minimum atomic E-state index is 0.0808. The summed E-state index contributed by atoms with van der Waals surface area (Å²) < 4.78 is 5.90. The Hall–Kier alpha value is -1.94. The van der Waals surface area contributed by atoms with Gasteiger partial charge in [-0.2, -0.15) is 0 Å². The number of rotatable bonds is 2. The topological polar surface area (TPSA) is 61.0 Å². The first kappa shape index (κ1) is 11.2. The normalized spacial score (nSPS) is 17.3. The summed E-state index contributed by atoms with van der Waals surface area (Å²) in [7, 11) is 0. The van der Waals surface area contributed by atoms with Crippen molar-refractivity contribution < 1.29 is 4.74 Å². The van der Waals surface area contributed by atoms with E-state index in [1.54, 1.807) is 18.6 Å². The molecule has 1 unspecified atom stereocenters. The zero-order valence-electron chi connectivity index (χ0n) is 10.3. The Morgan fingerprint density at radius 2 is 2.28 bits per heavy atom. The molecule has 1 aliphatic heterocycles. The standard InChI is InChI=1S/C14H15N3O/c1-9-4-10-6-11(7-15)18-14(10)12(5-9)13-8-16-2-3-17-13/h2-5,8,11H,6-7,15H2,1H3. The highest BCUT2D eigenvalue weighted by molar-refractivity contribution is 5.70. The van der Waals surface area contributed by atoms with Gasteiger partial charge < -0.3 is 10.5 Å². The van der Waals surface area contributed by atoms with Crippen molar-refractivity contribution in [3.63, 3.8) is 0 Å². The number of nitrogens with zero attached hydrogens (tertiary/aromatic N) is 2. The number of aryl methyl sites for hydroxylation is 1. The van der Waals surface area contributed by atoms with Crippen molar-refractivity contribution in [1.29, 1.82) is 0 Å². The van der Waals surface area contributed by atoms with E-state index in [-0.39, 0.29) is 6.10 Å². The Morgan fingerprint density at radius 3 is 3.00 bits per heavy atom. The van der Waals surface area contributed by atoms with Crippen LogP contribution in [0.3, 0.4) is 0 Å². The van der Waals surface area contributed by atoms with E-state index in [0.29, 0.717) is 6.54 Å². The van der Waals surface area contributed by atoms with Gasteiger partial charge in [-0.1, -0.05) is 6.07 Å². The number of aromatic nitrogens is 2. The minimum absolute atomic E-state index is 0.0808. The SMILES string of the molecule is Cc1cc2c(c(-c3cnccn3)c1)OC(CN)C2. The van der Waals surface area contributed by atoms with Crippen LogP contribution in [-0.2, 0) is 6.42 Å². The molecule has 0 saturated heterocycles. The molecule has 18 heavy (non-hydrogen) atoms. The zero-order valence-corrected chi connectivity index (χ0v) is 10.3. The number of hydrogen-bond acceptors (Lipinski definition) is 4. The van der Waals surface area contributed by atoms with E-state index in [0.717, 1.165) is 23.4 Å². The highest BCUT2D eigenvalue weighted by atomic mass is 16.5. The van der Waals surface area contributed by atoms with E-state index in [9.17, 15) is 0 Å². The number of ether oxygens (including phenoxy) is 1. The van der Waals surface area contributed by atoms with Crippen molar-refractivity contribution in [3.8, 4) is 17.0 Å². The molecule has 1 atom stereocenters. The van der Waals surface area contributed by atoms with Gasteiger partial charge in [-0.15, -0.1) is 0 Å². The molecule has 0 spiro atoms. The van der Waals surface area contributed by atoms with Crippen molar-refractivity contribution >= 4 is 0 Å². The molecule has 0 aliphatic carbocycles. The van der Waals surface area contributed by atoms with E-state index in [1.165, 1.54) is 11.1 Å². The van der Waals surface area contributed by atoms with Gasteiger partial charge in [0.25, 0.3) is 0 Å². The maximum absolute atomic E-state index is 5.90. The largest absolute Gasteiger partial charge is 0.488 e. The Bertz CT molecular complexity index is 569. The fourth-order valence-corrected chi connectivity index (χ4v) is 2.35. The van der Waals surface area contributed by atoms with Gasteiger partial charge in [0.2, 0.25) is 0 Å². The Kier molecular flexibility index (Phi) is 2.72. The second-order valence-electron chi connectivity index (χ2n) is 4.57. The summed E-state index contributed by atoms with van der Waals surface area (Å²) in [6, 6.07) is 4.24. The van der Waals surface area contributed by atoms with E-state index in [4.69, 9.17) is 10.5 Å². The van der Waals surface area contributed by atoms with Gasteiger partial charge in [0, 0.05) is 30.9 Å². The molecular formula is C14H15N3O. The molecular weight excluding hydrogens is 226 g/mol. The van der Waals surface area contributed by atoms with Crippen molar-refractivity contribution in [2.75, 3.05) is 6.54 Å². The van der Waals surface area contributed by atoms with Crippen LogP contribution in [0, 0.1) is 6.92 Å². The van der Waals surface area contributed by atoms with E-state index < -0.39 is 0 Å². The van der Waals surface area contributed by atoms with Gasteiger partial charge in [0.05, 0.1) is 11.9 Å². The van der Waals surface area contributed by atoms with Gasteiger partial charge in [-0.05, 0) is 24.1 Å². The maximum Gasteiger partial charge on any atom is 0.132 e. The molecule has 1 aromatic heterocycles. The van der Waals surface area contributed by atoms with E-state index in [1.807, 2.05) is 0 Å². The minimum Gasteiger partial charge on any atom is -0.488 e. The van der Waals surface area contributed by atoms with Gasteiger partial charge in [0.15, 0.2) is 0 Å². The molecule has 0 amide bonds. The summed E-state index contributed by atoms with van der Waals surface area (Å²) in [6.45, 7) is 2.61. The van der Waals surface area contributed by atoms with E-state index in [2.05, 4.69) is 29.0 Å². The number of hydrogen-bond donors (Lipinski definition) is 1. The smallest absolute Gasteiger partial charge is 0.132 e. The molecule has 4 nitrogen and oxygen atoms in total. The molecule has 1 aliphatic rings. The first-order valence-corrected chi connectivity index (χ1v) is 6.04. The monoisotopic (exact) mass is 241 g/mol. The summed E-state index contributed by atoms with van der Waals surface area (Å²) in [4.78, 5) is 8.46. The number of nitrogens with two attached hydrogens (primary N) is 1. The fourth-order valence-electron chi connectivity index (χ4n) is 2.35. The third-order valence-electron chi connectivity index (χ3n) is 3.14. The van der Waals surface area contributed by atoms with Crippen LogP contribution in [0.4, 0.5) is 0 Å². The van der Waals surface area contributed by atoms with Crippen LogP contribution in [0.15, 0.2) is 30.7 Å². The van der Waals surface area contributed by atoms with Gasteiger partial charge in [-0.3, -0.25) is 9.97 Å². The first-order chi connectivity index (χ1) is 8.78. The average molecular weight is 241 g/mol.